The number of amides is 1. The third-order valence-corrected chi connectivity index (χ3v) is 4.22. The highest BCUT2D eigenvalue weighted by molar-refractivity contribution is 6.12. The third-order valence-electron chi connectivity index (χ3n) is 4.22. The van der Waals surface area contributed by atoms with Crippen molar-refractivity contribution < 1.29 is 13.7 Å². The largest absolute Gasteiger partial charge is 0.463 e. The molecule has 0 aliphatic heterocycles. The third kappa shape index (κ3) is 3.24. The molecule has 4 aromatic heterocycles. The second-order valence-electron chi connectivity index (χ2n) is 7.48. The lowest BCUT2D eigenvalue weighted by Gasteiger charge is -2.16. The number of hydrogen-bond donors (Lipinski definition) is 1. The van der Waals surface area contributed by atoms with E-state index >= 15 is 0 Å². The average Bonchev–Trinajstić information content (AvgIpc) is 3.31. The van der Waals surface area contributed by atoms with Gasteiger partial charge in [0.2, 0.25) is 0 Å². The van der Waals surface area contributed by atoms with Crippen LogP contribution in [0.15, 0.2) is 45.8 Å². The molecule has 0 bridgehead atoms. The first-order valence-corrected chi connectivity index (χ1v) is 8.78. The number of aryl methyl sites for hydroxylation is 1. The van der Waals surface area contributed by atoms with Crippen LogP contribution in [-0.4, -0.2) is 26.0 Å². The number of aromatic nitrogens is 4. The summed E-state index contributed by atoms with van der Waals surface area (Å²) in [6.07, 6.45) is 4.73. The first kappa shape index (κ1) is 17.8. The minimum Gasteiger partial charge on any atom is -0.463 e. The fraction of sp³-hybridized carbons (Fsp3) is 0.250. The van der Waals surface area contributed by atoms with Crippen LogP contribution in [0.1, 0.15) is 42.6 Å². The SMILES string of the molecule is Cc1noc2nc(-c3ccco3)cc(C(=O)Nc3cnc(C(C)(C)C)nc3)c12. The van der Waals surface area contributed by atoms with Crippen molar-refractivity contribution in [2.45, 2.75) is 33.1 Å². The van der Waals surface area contributed by atoms with Gasteiger partial charge in [0.15, 0.2) is 5.76 Å². The molecule has 0 aliphatic carbocycles. The smallest absolute Gasteiger partial charge is 0.259 e. The van der Waals surface area contributed by atoms with Crippen molar-refractivity contribution in [3.63, 3.8) is 0 Å². The lowest BCUT2D eigenvalue weighted by Crippen LogP contribution is -2.17. The Kier molecular flexibility index (Phi) is 4.18. The van der Waals surface area contributed by atoms with Gasteiger partial charge in [0.05, 0.1) is 41.0 Å². The van der Waals surface area contributed by atoms with E-state index < -0.39 is 0 Å². The number of anilines is 1. The molecule has 0 unspecified atom stereocenters. The van der Waals surface area contributed by atoms with E-state index in [4.69, 9.17) is 8.94 Å². The molecule has 4 heterocycles. The van der Waals surface area contributed by atoms with Crippen molar-refractivity contribution in [1.29, 1.82) is 0 Å². The molecule has 1 amide bonds. The summed E-state index contributed by atoms with van der Waals surface area (Å²) in [5, 5.41) is 7.32. The van der Waals surface area contributed by atoms with Crippen molar-refractivity contribution in [1.82, 2.24) is 20.1 Å². The summed E-state index contributed by atoms with van der Waals surface area (Å²) in [5.74, 6) is 0.897. The zero-order chi connectivity index (χ0) is 19.9. The van der Waals surface area contributed by atoms with Crippen LogP contribution in [-0.2, 0) is 5.41 Å². The molecule has 1 N–H and O–H groups in total. The maximum absolute atomic E-state index is 13.0. The number of furan rings is 1. The van der Waals surface area contributed by atoms with Gasteiger partial charge in [0.25, 0.3) is 11.6 Å². The van der Waals surface area contributed by atoms with Gasteiger partial charge in [-0.25, -0.2) is 15.0 Å². The number of carbonyl (C=O) groups excluding carboxylic acids is 1. The molecule has 0 aromatic carbocycles. The molecule has 0 saturated carbocycles. The molecule has 8 nitrogen and oxygen atoms in total. The summed E-state index contributed by atoms with van der Waals surface area (Å²) >= 11 is 0. The fourth-order valence-electron chi connectivity index (χ4n) is 2.80. The summed E-state index contributed by atoms with van der Waals surface area (Å²) in [5.41, 5.74) is 2.05. The Morgan fingerprint density at radius 2 is 1.93 bits per heavy atom. The zero-order valence-corrected chi connectivity index (χ0v) is 16.0. The Bertz CT molecular complexity index is 1140. The van der Waals surface area contributed by atoms with E-state index in [2.05, 4.69) is 25.4 Å². The van der Waals surface area contributed by atoms with Crippen LogP contribution in [0, 0.1) is 6.92 Å². The van der Waals surface area contributed by atoms with E-state index in [0.717, 1.165) is 0 Å². The molecule has 4 aromatic rings. The predicted octanol–water partition coefficient (Wildman–Crippen LogP) is 4.13. The van der Waals surface area contributed by atoms with Crippen LogP contribution in [0.2, 0.25) is 0 Å². The van der Waals surface area contributed by atoms with E-state index in [-0.39, 0.29) is 17.0 Å². The lowest BCUT2D eigenvalue weighted by atomic mass is 9.96. The highest BCUT2D eigenvalue weighted by Gasteiger charge is 2.21. The number of carbonyl (C=O) groups is 1. The monoisotopic (exact) mass is 377 g/mol. The van der Waals surface area contributed by atoms with Crippen molar-refractivity contribution in [2.24, 2.45) is 0 Å². The minimum absolute atomic E-state index is 0.169. The molecule has 0 spiro atoms. The van der Waals surface area contributed by atoms with Gasteiger partial charge in [0, 0.05) is 5.41 Å². The van der Waals surface area contributed by atoms with Crippen LogP contribution in [0.25, 0.3) is 22.6 Å². The standard InChI is InChI=1S/C20H19N5O3/c1-11-16-13(8-14(15-6-5-7-27-15)24-18(16)28-25-11)17(26)23-12-9-21-19(22-10-12)20(2,3)4/h5-10H,1-4H3,(H,23,26). The van der Waals surface area contributed by atoms with Gasteiger partial charge in [0.1, 0.15) is 11.5 Å². The normalized spacial score (nSPS) is 11.7. The summed E-state index contributed by atoms with van der Waals surface area (Å²) < 4.78 is 10.7. The number of hydrogen-bond acceptors (Lipinski definition) is 7. The number of fused-ring (bicyclic) bond motifs is 1. The van der Waals surface area contributed by atoms with E-state index in [9.17, 15) is 4.79 Å². The number of nitrogens with one attached hydrogen (secondary N) is 1. The second kappa shape index (κ2) is 6.56. The summed E-state index contributed by atoms with van der Waals surface area (Å²) in [6, 6.07) is 5.17. The summed E-state index contributed by atoms with van der Waals surface area (Å²) in [6.45, 7) is 7.84. The van der Waals surface area contributed by atoms with E-state index in [1.807, 2.05) is 20.8 Å². The lowest BCUT2D eigenvalue weighted by molar-refractivity contribution is 0.102. The minimum atomic E-state index is -0.335. The Labute approximate surface area is 161 Å². The molecule has 0 radical (unpaired) electrons. The van der Waals surface area contributed by atoms with Crippen LogP contribution in [0.5, 0.6) is 0 Å². The summed E-state index contributed by atoms with van der Waals surface area (Å²) in [7, 11) is 0. The molecular weight excluding hydrogens is 358 g/mol. The molecule has 8 heteroatoms. The van der Waals surface area contributed by atoms with E-state index in [0.29, 0.717) is 39.6 Å². The molecule has 0 fully saturated rings. The van der Waals surface area contributed by atoms with Gasteiger partial charge in [-0.2, -0.15) is 0 Å². The summed E-state index contributed by atoms with van der Waals surface area (Å²) in [4.78, 5) is 26.1. The molecule has 28 heavy (non-hydrogen) atoms. The fourth-order valence-corrected chi connectivity index (χ4v) is 2.80. The number of nitrogens with zero attached hydrogens (tertiary/aromatic N) is 4. The van der Waals surface area contributed by atoms with Crippen LogP contribution < -0.4 is 5.32 Å². The molecule has 0 aliphatic rings. The maximum atomic E-state index is 13.0. The molecule has 0 atom stereocenters. The van der Waals surface area contributed by atoms with Crippen molar-refractivity contribution in [2.75, 3.05) is 5.32 Å². The molecular formula is C20H19N5O3. The van der Waals surface area contributed by atoms with Gasteiger partial charge in [-0.3, -0.25) is 4.79 Å². The number of rotatable bonds is 3. The van der Waals surface area contributed by atoms with Crippen LogP contribution >= 0.6 is 0 Å². The predicted molar refractivity (Wildman–Crippen MR) is 103 cm³/mol. The molecule has 0 saturated heterocycles. The first-order valence-electron chi connectivity index (χ1n) is 8.78. The quantitative estimate of drug-likeness (QED) is 0.572. The Balaban J connectivity index is 1.71. The second-order valence-corrected chi connectivity index (χ2v) is 7.48. The number of pyridine rings is 1. The highest BCUT2D eigenvalue weighted by atomic mass is 16.5. The van der Waals surface area contributed by atoms with Gasteiger partial charge < -0.3 is 14.3 Å². The zero-order valence-electron chi connectivity index (χ0n) is 16.0. The van der Waals surface area contributed by atoms with Crippen molar-refractivity contribution in [3.05, 3.63) is 53.9 Å². The van der Waals surface area contributed by atoms with Crippen LogP contribution in [0.3, 0.4) is 0 Å². The molecule has 4 rings (SSSR count). The van der Waals surface area contributed by atoms with Gasteiger partial charge in [-0.1, -0.05) is 25.9 Å². The van der Waals surface area contributed by atoms with E-state index in [1.54, 1.807) is 43.8 Å². The Morgan fingerprint density at radius 3 is 2.57 bits per heavy atom. The van der Waals surface area contributed by atoms with Gasteiger partial charge in [-0.15, -0.1) is 0 Å². The van der Waals surface area contributed by atoms with Crippen molar-refractivity contribution >= 4 is 22.7 Å². The maximum Gasteiger partial charge on any atom is 0.259 e. The van der Waals surface area contributed by atoms with E-state index in [1.165, 1.54) is 0 Å². The Hall–Kier alpha value is -3.55. The van der Waals surface area contributed by atoms with Gasteiger partial charge >= 0.3 is 0 Å². The van der Waals surface area contributed by atoms with Crippen LogP contribution in [0.4, 0.5) is 5.69 Å². The average molecular weight is 377 g/mol. The Morgan fingerprint density at radius 1 is 1.18 bits per heavy atom. The molecule has 142 valence electrons. The van der Waals surface area contributed by atoms with Gasteiger partial charge in [-0.05, 0) is 25.1 Å². The highest BCUT2D eigenvalue weighted by Crippen LogP contribution is 2.28. The van der Waals surface area contributed by atoms with Crippen molar-refractivity contribution in [3.8, 4) is 11.5 Å². The first-order chi connectivity index (χ1) is 13.3. The topological polar surface area (TPSA) is 107 Å².